The first-order valence-corrected chi connectivity index (χ1v) is 8.71. The first-order valence-electron chi connectivity index (χ1n) is 8.71. The van der Waals surface area contributed by atoms with Gasteiger partial charge in [-0.3, -0.25) is 14.5 Å². The number of carbonyl (C=O) groups is 2. The average molecular weight is 366 g/mol. The van der Waals surface area contributed by atoms with Crippen molar-refractivity contribution in [2.24, 2.45) is 0 Å². The number of fused-ring (bicyclic) bond motifs is 1. The maximum Gasteiger partial charge on any atom is 0.251 e. The smallest absolute Gasteiger partial charge is 0.251 e. The Labute approximate surface area is 158 Å². The molecule has 0 fully saturated rings. The summed E-state index contributed by atoms with van der Waals surface area (Å²) in [6.07, 6.45) is 3.18. The number of rotatable bonds is 5. The highest BCUT2D eigenvalue weighted by Crippen LogP contribution is 2.31. The predicted molar refractivity (Wildman–Crippen MR) is 105 cm³/mol. The fourth-order valence-electron chi connectivity index (χ4n) is 2.83. The maximum absolute atomic E-state index is 12.6. The van der Waals surface area contributed by atoms with Gasteiger partial charge in [0, 0.05) is 6.08 Å². The molecule has 0 aromatic heterocycles. The molecule has 1 N–H and O–H groups in total. The van der Waals surface area contributed by atoms with E-state index in [-0.39, 0.29) is 24.5 Å². The molecule has 2 amide bonds. The average Bonchev–Trinajstić information content (AvgIpc) is 2.65. The molecule has 1 heterocycles. The van der Waals surface area contributed by atoms with Crippen LogP contribution >= 0.6 is 0 Å². The molecule has 0 atom stereocenters. The fraction of sp³-hybridized carbons (Fsp3) is 0.238. The Balaban J connectivity index is 1.80. The number of para-hydroxylation sites is 2. The number of amides is 2. The maximum atomic E-state index is 12.6. The van der Waals surface area contributed by atoms with Gasteiger partial charge in [-0.05, 0) is 49.8 Å². The van der Waals surface area contributed by atoms with Gasteiger partial charge in [0.2, 0.25) is 5.91 Å². The third-order valence-corrected chi connectivity index (χ3v) is 4.01. The van der Waals surface area contributed by atoms with Crippen LogP contribution in [0.15, 0.2) is 48.5 Å². The van der Waals surface area contributed by atoms with E-state index in [1.807, 2.05) is 44.2 Å². The molecule has 1 aliphatic rings. The minimum atomic E-state index is -0.265. The van der Waals surface area contributed by atoms with Crippen molar-refractivity contribution in [3.8, 4) is 11.5 Å². The summed E-state index contributed by atoms with van der Waals surface area (Å²) in [7, 11) is 1.57. The number of anilines is 2. The molecule has 0 spiro atoms. The summed E-state index contributed by atoms with van der Waals surface area (Å²) >= 11 is 0. The second-order valence-electron chi connectivity index (χ2n) is 6.40. The lowest BCUT2D eigenvalue weighted by Crippen LogP contribution is -2.41. The minimum absolute atomic E-state index is 0.00925. The second-order valence-corrected chi connectivity index (χ2v) is 6.40. The molecule has 0 radical (unpaired) electrons. The number of carbonyl (C=O) groups excluding carboxylic acids is 2. The van der Waals surface area contributed by atoms with Gasteiger partial charge in [0.25, 0.3) is 5.91 Å². The van der Waals surface area contributed by atoms with Crippen LogP contribution in [0.25, 0.3) is 6.08 Å². The van der Waals surface area contributed by atoms with Gasteiger partial charge >= 0.3 is 0 Å². The quantitative estimate of drug-likeness (QED) is 0.823. The van der Waals surface area contributed by atoms with E-state index in [1.165, 1.54) is 11.0 Å². The molecular formula is C21H22N2O4. The summed E-state index contributed by atoms with van der Waals surface area (Å²) in [5.74, 6) is 0.768. The molecule has 1 aliphatic heterocycles. The van der Waals surface area contributed by atoms with E-state index in [1.54, 1.807) is 25.3 Å². The van der Waals surface area contributed by atoms with Crippen molar-refractivity contribution in [2.75, 3.05) is 23.9 Å². The zero-order valence-corrected chi connectivity index (χ0v) is 15.6. The molecule has 27 heavy (non-hydrogen) atoms. The number of hydrogen-bond acceptors (Lipinski definition) is 4. The summed E-state index contributed by atoms with van der Waals surface area (Å²) < 4.78 is 11.1. The largest absolute Gasteiger partial charge is 0.493 e. The molecule has 0 bridgehead atoms. The first kappa shape index (κ1) is 18.5. The number of ether oxygens (including phenoxy) is 2. The van der Waals surface area contributed by atoms with Gasteiger partial charge in [-0.15, -0.1) is 0 Å². The molecule has 2 aromatic carbocycles. The number of nitrogens with zero attached hydrogens (tertiary/aromatic N) is 1. The van der Waals surface area contributed by atoms with Gasteiger partial charge in [0.1, 0.15) is 6.54 Å². The molecule has 0 saturated carbocycles. The van der Waals surface area contributed by atoms with Crippen molar-refractivity contribution in [2.45, 2.75) is 20.0 Å². The van der Waals surface area contributed by atoms with Crippen LogP contribution in [-0.2, 0) is 9.59 Å². The van der Waals surface area contributed by atoms with Crippen LogP contribution < -0.4 is 19.7 Å². The summed E-state index contributed by atoms with van der Waals surface area (Å²) in [5.41, 5.74) is 2.11. The first-order chi connectivity index (χ1) is 13.0. The van der Waals surface area contributed by atoms with E-state index < -0.39 is 0 Å². The van der Waals surface area contributed by atoms with Crippen molar-refractivity contribution in [3.63, 3.8) is 0 Å². The van der Waals surface area contributed by atoms with E-state index in [4.69, 9.17) is 9.47 Å². The monoisotopic (exact) mass is 366 g/mol. The van der Waals surface area contributed by atoms with Crippen LogP contribution in [0.2, 0.25) is 0 Å². The summed E-state index contributed by atoms with van der Waals surface area (Å²) in [6.45, 7) is 3.88. The third kappa shape index (κ3) is 4.28. The van der Waals surface area contributed by atoms with Crippen molar-refractivity contribution in [1.82, 2.24) is 0 Å². The molecular weight excluding hydrogens is 344 g/mol. The number of hydrogen-bond donors (Lipinski definition) is 1. The topological polar surface area (TPSA) is 67.9 Å². The molecule has 3 rings (SSSR count). The Hall–Kier alpha value is -3.28. The van der Waals surface area contributed by atoms with Gasteiger partial charge in [0.15, 0.2) is 11.5 Å². The number of nitrogens with one attached hydrogen (secondary N) is 1. The Morgan fingerprint density at radius 1 is 1.19 bits per heavy atom. The Kier molecular flexibility index (Phi) is 5.45. The molecule has 140 valence electrons. The van der Waals surface area contributed by atoms with Crippen LogP contribution in [-0.4, -0.2) is 31.6 Å². The lowest BCUT2D eigenvalue weighted by molar-refractivity contribution is -0.119. The highest BCUT2D eigenvalue weighted by molar-refractivity contribution is 6.13. The minimum Gasteiger partial charge on any atom is -0.493 e. The SMILES string of the molecule is COc1cc(C=CC(=O)N2CC(=O)Nc3ccccc32)ccc1OC(C)C. The zero-order chi connectivity index (χ0) is 19.4. The molecule has 0 aliphatic carbocycles. The van der Waals surface area contributed by atoms with Gasteiger partial charge in [-0.1, -0.05) is 18.2 Å². The van der Waals surface area contributed by atoms with Crippen LogP contribution in [0.3, 0.4) is 0 Å². The Bertz CT molecular complexity index is 890. The molecule has 6 heteroatoms. The van der Waals surface area contributed by atoms with E-state index in [0.717, 1.165) is 5.56 Å². The van der Waals surface area contributed by atoms with E-state index in [9.17, 15) is 9.59 Å². The van der Waals surface area contributed by atoms with E-state index >= 15 is 0 Å². The van der Waals surface area contributed by atoms with E-state index in [0.29, 0.717) is 22.9 Å². The summed E-state index contributed by atoms with van der Waals surface area (Å²) in [6, 6.07) is 12.7. The van der Waals surface area contributed by atoms with Crippen LogP contribution in [0.4, 0.5) is 11.4 Å². The fourth-order valence-corrected chi connectivity index (χ4v) is 2.83. The summed E-state index contributed by atoms with van der Waals surface area (Å²) in [5, 5.41) is 2.77. The standard InChI is InChI=1S/C21H22N2O4/c1-14(2)27-18-10-8-15(12-19(18)26-3)9-11-21(25)23-13-20(24)22-16-6-4-5-7-17(16)23/h4-12,14H,13H2,1-3H3,(H,22,24). The molecule has 0 unspecified atom stereocenters. The molecule has 6 nitrogen and oxygen atoms in total. The highest BCUT2D eigenvalue weighted by atomic mass is 16.5. The van der Waals surface area contributed by atoms with Crippen molar-refractivity contribution in [1.29, 1.82) is 0 Å². The van der Waals surface area contributed by atoms with Gasteiger partial charge < -0.3 is 14.8 Å². The lowest BCUT2D eigenvalue weighted by atomic mass is 10.1. The normalized spacial score (nSPS) is 13.5. The van der Waals surface area contributed by atoms with Crippen molar-refractivity contribution >= 4 is 29.3 Å². The molecule has 2 aromatic rings. The van der Waals surface area contributed by atoms with Crippen molar-refractivity contribution < 1.29 is 19.1 Å². The lowest BCUT2D eigenvalue weighted by Gasteiger charge is -2.28. The number of methoxy groups -OCH3 is 1. The number of benzene rings is 2. The van der Waals surface area contributed by atoms with Crippen LogP contribution in [0.5, 0.6) is 11.5 Å². The Morgan fingerprint density at radius 3 is 2.70 bits per heavy atom. The Morgan fingerprint density at radius 2 is 1.96 bits per heavy atom. The van der Waals surface area contributed by atoms with Crippen molar-refractivity contribution in [3.05, 3.63) is 54.1 Å². The van der Waals surface area contributed by atoms with Gasteiger partial charge in [0.05, 0.1) is 24.6 Å². The van der Waals surface area contributed by atoms with Gasteiger partial charge in [-0.25, -0.2) is 0 Å². The highest BCUT2D eigenvalue weighted by Gasteiger charge is 2.25. The second kappa shape index (κ2) is 7.95. The summed E-state index contributed by atoms with van der Waals surface area (Å²) in [4.78, 5) is 26.0. The zero-order valence-electron chi connectivity index (χ0n) is 15.6. The van der Waals surface area contributed by atoms with Crippen LogP contribution in [0.1, 0.15) is 19.4 Å². The van der Waals surface area contributed by atoms with E-state index in [2.05, 4.69) is 5.32 Å². The molecule has 0 saturated heterocycles. The predicted octanol–water partition coefficient (Wildman–Crippen LogP) is 3.48. The van der Waals surface area contributed by atoms with Crippen LogP contribution in [0, 0.1) is 0 Å². The third-order valence-electron chi connectivity index (χ3n) is 4.01. The van der Waals surface area contributed by atoms with Gasteiger partial charge in [-0.2, -0.15) is 0 Å².